The number of aromatic nitrogens is 1. The van der Waals surface area contributed by atoms with Crippen LogP contribution >= 0.6 is 11.6 Å². The van der Waals surface area contributed by atoms with E-state index in [1.165, 1.54) is 6.20 Å². The van der Waals surface area contributed by atoms with Gasteiger partial charge in [-0.05, 0) is 55.0 Å². The van der Waals surface area contributed by atoms with Gasteiger partial charge in [-0.1, -0.05) is 25.4 Å². The van der Waals surface area contributed by atoms with E-state index in [9.17, 15) is 8.78 Å². The number of fused-ring (bicyclic) bond motifs is 1. The largest absolute Gasteiger partial charge is 0.368 e. The molecule has 3 rings (SSSR count). The van der Waals surface area contributed by atoms with Crippen molar-refractivity contribution < 1.29 is 8.78 Å². The number of rotatable bonds is 5. The van der Waals surface area contributed by atoms with Gasteiger partial charge in [0.05, 0.1) is 5.02 Å². The molecule has 0 unspecified atom stereocenters. The van der Waals surface area contributed by atoms with Crippen LogP contribution in [0.5, 0.6) is 0 Å². The summed E-state index contributed by atoms with van der Waals surface area (Å²) in [5.41, 5.74) is 3.34. The standard InChI is InChI=1S/C20H23ClF2N2/c1-3-16(4-2)25-7-5-6-13-9-17(14-8-15(21)12-24-11-14)18(20(22)23)10-19(13)25/h8-12,16,20H,3-7H2,1-2H3. The maximum Gasteiger partial charge on any atom is 0.264 e. The van der Waals surface area contributed by atoms with Crippen molar-refractivity contribution in [2.45, 2.75) is 52.0 Å². The first-order chi connectivity index (χ1) is 12.0. The quantitative estimate of drug-likeness (QED) is 0.620. The Kier molecular flexibility index (Phi) is 5.57. The number of alkyl halides is 2. The van der Waals surface area contributed by atoms with E-state index in [2.05, 4.69) is 23.7 Å². The van der Waals surface area contributed by atoms with E-state index in [0.717, 1.165) is 43.5 Å². The summed E-state index contributed by atoms with van der Waals surface area (Å²) in [6.45, 7) is 5.24. The van der Waals surface area contributed by atoms with Crippen LogP contribution in [0.1, 0.15) is 50.7 Å². The van der Waals surface area contributed by atoms with Crippen molar-refractivity contribution in [1.82, 2.24) is 4.98 Å². The molecule has 0 saturated carbocycles. The fourth-order valence-electron chi connectivity index (χ4n) is 3.78. The Morgan fingerprint density at radius 1 is 1.16 bits per heavy atom. The number of halogens is 3. The third kappa shape index (κ3) is 3.64. The number of aryl methyl sites for hydroxylation is 1. The Morgan fingerprint density at radius 3 is 2.56 bits per heavy atom. The first kappa shape index (κ1) is 18.1. The van der Waals surface area contributed by atoms with Gasteiger partial charge in [-0.2, -0.15) is 0 Å². The minimum absolute atomic E-state index is 0.0562. The summed E-state index contributed by atoms with van der Waals surface area (Å²) in [5, 5.41) is 0.453. The molecule has 0 N–H and O–H groups in total. The van der Waals surface area contributed by atoms with Gasteiger partial charge in [0.2, 0.25) is 0 Å². The van der Waals surface area contributed by atoms with Gasteiger partial charge in [-0.15, -0.1) is 0 Å². The fourth-order valence-corrected chi connectivity index (χ4v) is 3.95. The number of benzene rings is 1. The van der Waals surface area contributed by atoms with Crippen LogP contribution in [-0.4, -0.2) is 17.6 Å². The Labute approximate surface area is 152 Å². The fraction of sp³-hybridized carbons (Fsp3) is 0.450. The lowest BCUT2D eigenvalue weighted by molar-refractivity contribution is 0.152. The molecule has 0 atom stereocenters. The SMILES string of the molecule is CCC(CC)N1CCCc2cc(-c3cncc(Cl)c3)c(C(F)F)cc21. The van der Waals surface area contributed by atoms with Gasteiger partial charge < -0.3 is 4.90 Å². The van der Waals surface area contributed by atoms with Gasteiger partial charge in [-0.3, -0.25) is 4.98 Å². The Bertz CT molecular complexity index is 744. The van der Waals surface area contributed by atoms with Crippen LogP contribution < -0.4 is 4.90 Å². The van der Waals surface area contributed by atoms with Crippen molar-refractivity contribution >= 4 is 17.3 Å². The van der Waals surface area contributed by atoms with Crippen LogP contribution in [0.25, 0.3) is 11.1 Å². The highest BCUT2D eigenvalue weighted by Gasteiger charge is 2.26. The van der Waals surface area contributed by atoms with Gasteiger partial charge in [0.25, 0.3) is 6.43 Å². The maximum atomic E-state index is 13.8. The van der Waals surface area contributed by atoms with Crippen LogP contribution in [-0.2, 0) is 6.42 Å². The van der Waals surface area contributed by atoms with Gasteiger partial charge in [0.15, 0.2) is 0 Å². The molecule has 0 amide bonds. The summed E-state index contributed by atoms with van der Waals surface area (Å²) in [6, 6.07) is 5.69. The Balaban J connectivity index is 2.14. The third-order valence-corrected chi connectivity index (χ3v) is 5.25. The normalized spacial score (nSPS) is 14.3. The highest BCUT2D eigenvalue weighted by molar-refractivity contribution is 6.30. The molecule has 134 valence electrons. The van der Waals surface area contributed by atoms with Crippen molar-refractivity contribution in [1.29, 1.82) is 0 Å². The summed E-state index contributed by atoms with van der Waals surface area (Å²) in [6.07, 6.45) is 4.56. The van der Waals surface area contributed by atoms with E-state index >= 15 is 0 Å². The topological polar surface area (TPSA) is 16.1 Å². The third-order valence-electron chi connectivity index (χ3n) is 5.04. The zero-order valence-electron chi connectivity index (χ0n) is 14.6. The van der Waals surface area contributed by atoms with E-state index < -0.39 is 6.43 Å². The van der Waals surface area contributed by atoms with Crippen LogP contribution in [0.3, 0.4) is 0 Å². The molecule has 2 heterocycles. The van der Waals surface area contributed by atoms with Crippen molar-refractivity contribution in [3.05, 3.63) is 46.7 Å². The zero-order chi connectivity index (χ0) is 18.0. The van der Waals surface area contributed by atoms with Crippen LogP contribution in [0.2, 0.25) is 5.02 Å². The lowest BCUT2D eigenvalue weighted by Crippen LogP contribution is -2.38. The number of nitrogens with zero attached hydrogens (tertiary/aromatic N) is 2. The molecule has 0 radical (unpaired) electrons. The lowest BCUT2D eigenvalue weighted by atomic mass is 9.91. The molecule has 1 aromatic heterocycles. The number of hydrogen-bond acceptors (Lipinski definition) is 2. The molecule has 1 aliphatic rings. The van der Waals surface area contributed by atoms with Gasteiger partial charge in [0.1, 0.15) is 0 Å². The first-order valence-electron chi connectivity index (χ1n) is 8.87. The summed E-state index contributed by atoms with van der Waals surface area (Å²) in [4.78, 5) is 6.37. The van der Waals surface area contributed by atoms with E-state index in [1.807, 2.05) is 6.07 Å². The molecule has 0 aliphatic carbocycles. The van der Waals surface area contributed by atoms with E-state index in [4.69, 9.17) is 11.6 Å². The number of anilines is 1. The summed E-state index contributed by atoms with van der Waals surface area (Å²) >= 11 is 6.01. The number of pyridine rings is 1. The molecule has 0 bridgehead atoms. The smallest absolute Gasteiger partial charge is 0.264 e. The van der Waals surface area contributed by atoms with E-state index in [-0.39, 0.29) is 5.56 Å². The predicted molar refractivity (Wildman–Crippen MR) is 99.7 cm³/mol. The molecular weight excluding hydrogens is 342 g/mol. The number of hydrogen-bond donors (Lipinski definition) is 0. The molecule has 1 aromatic carbocycles. The van der Waals surface area contributed by atoms with Gasteiger partial charge in [0, 0.05) is 41.8 Å². The van der Waals surface area contributed by atoms with Crippen LogP contribution in [0.15, 0.2) is 30.6 Å². The first-order valence-corrected chi connectivity index (χ1v) is 9.25. The summed E-state index contributed by atoms with van der Waals surface area (Å²) < 4.78 is 27.6. The molecule has 1 aliphatic heterocycles. The average molecular weight is 365 g/mol. The average Bonchev–Trinajstić information content (AvgIpc) is 2.61. The zero-order valence-corrected chi connectivity index (χ0v) is 15.4. The van der Waals surface area contributed by atoms with E-state index in [1.54, 1.807) is 18.3 Å². The molecule has 2 aromatic rings. The second-order valence-electron chi connectivity index (χ2n) is 6.53. The second kappa shape index (κ2) is 7.69. The molecule has 5 heteroatoms. The molecule has 25 heavy (non-hydrogen) atoms. The van der Waals surface area contributed by atoms with Crippen molar-refractivity contribution in [2.24, 2.45) is 0 Å². The minimum atomic E-state index is -2.54. The van der Waals surface area contributed by atoms with Gasteiger partial charge >= 0.3 is 0 Å². The van der Waals surface area contributed by atoms with Crippen LogP contribution in [0.4, 0.5) is 14.5 Å². The molecular formula is C20H23ClF2N2. The minimum Gasteiger partial charge on any atom is -0.368 e. The maximum absolute atomic E-state index is 13.8. The summed E-state index contributed by atoms with van der Waals surface area (Å²) in [7, 11) is 0. The van der Waals surface area contributed by atoms with Crippen LogP contribution in [0, 0.1) is 0 Å². The lowest BCUT2D eigenvalue weighted by Gasteiger charge is -2.38. The Morgan fingerprint density at radius 2 is 1.92 bits per heavy atom. The summed E-state index contributed by atoms with van der Waals surface area (Å²) in [5.74, 6) is 0. The molecule has 0 fully saturated rings. The van der Waals surface area contributed by atoms with Crippen molar-refractivity contribution in [3.8, 4) is 11.1 Å². The monoisotopic (exact) mass is 364 g/mol. The van der Waals surface area contributed by atoms with Crippen molar-refractivity contribution in [2.75, 3.05) is 11.4 Å². The Hall–Kier alpha value is -1.68. The molecule has 0 saturated heterocycles. The molecule has 0 spiro atoms. The van der Waals surface area contributed by atoms with Gasteiger partial charge in [-0.25, -0.2) is 8.78 Å². The second-order valence-corrected chi connectivity index (χ2v) is 6.96. The van der Waals surface area contributed by atoms with E-state index in [0.29, 0.717) is 22.2 Å². The molecule has 2 nitrogen and oxygen atoms in total. The highest BCUT2D eigenvalue weighted by atomic mass is 35.5. The predicted octanol–water partition coefficient (Wildman–Crippen LogP) is 6.28. The van der Waals surface area contributed by atoms with Crippen molar-refractivity contribution in [3.63, 3.8) is 0 Å². The highest BCUT2D eigenvalue weighted by Crippen LogP contribution is 2.40.